The van der Waals surface area contributed by atoms with Gasteiger partial charge in [-0.25, -0.2) is 0 Å². The van der Waals surface area contributed by atoms with E-state index < -0.39 is 0 Å². The van der Waals surface area contributed by atoms with E-state index in [0.29, 0.717) is 10.8 Å². The first-order chi connectivity index (χ1) is 13.7. The van der Waals surface area contributed by atoms with Crippen molar-refractivity contribution < 1.29 is 9.32 Å². The second-order valence-corrected chi connectivity index (χ2v) is 7.50. The van der Waals surface area contributed by atoms with Crippen molar-refractivity contribution in [3.8, 4) is 11.3 Å². The van der Waals surface area contributed by atoms with Gasteiger partial charge in [0.05, 0.1) is 5.69 Å². The average molecular weight is 407 g/mol. The molecule has 4 rings (SSSR count). The van der Waals surface area contributed by atoms with Crippen LogP contribution in [0.4, 0.5) is 5.69 Å². The number of rotatable bonds is 5. The predicted octanol–water partition coefficient (Wildman–Crippen LogP) is 6.40. The number of benzene rings is 3. The maximum absolute atomic E-state index is 12.7. The summed E-state index contributed by atoms with van der Waals surface area (Å²) in [6.07, 6.45) is 0. The molecule has 1 N–H and O–H groups in total. The highest BCUT2D eigenvalue weighted by atomic mass is 35.5. The van der Waals surface area contributed by atoms with Crippen LogP contribution in [0.1, 0.15) is 10.5 Å². The Labute approximate surface area is 171 Å². The number of anilines is 1. The van der Waals surface area contributed by atoms with Gasteiger partial charge in [0, 0.05) is 26.4 Å². The molecular weight excluding hydrogens is 392 g/mol. The smallest absolute Gasteiger partial charge is 0.277 e. The number of para-hydroxylation sites is 1. The van der Waals surface area contributed by atoms with Crippen LogP contribution in [-0.2, 0) is 0 Å². The Balaban J connectivity index is 1.52. The van der Waals surface area contributed by atoms with Gasteiger partial charge in [-0.15, -0.1) is 0 Å². The summed E-state index contributed by atoms with van der Waals surface area (Å²) in [7, 11) is 0. The molecule has 0 atom stereocenters. The van der Waals surface area contributed by atoms with Gasteiger partial charge in [0.1, 0.15) is 0 Å². The predicted molar refractivity (Wildman–Crippen MR) is 112 cm³/mol. The molecular formula is C22H15ClN2O2S. The number of hydrogen-bond acceptors (Lipinski definition) is 4. The second kappa shape index (κ2) is 8.33. The first-order valence-electron chi connectivity index (χ1n) is 8.55. The lowest BCUT2D eigenvalue weighted by Crippen LogP contribution is -2.12. The van der Waals surface area contributed by atoms with Crippen molar-refractivity contribution in [2.24, 2.45) is 0 Å². The van der Waals surface area contributed by atoms with Gasteiger partial charge in [-0.3, -0.25) is 4.79 Å². The lowest BCUT2D eigenvalue weighted by atomic mass is 10.1. The van der Waals surface area contributed by atoms with Gasteiger partial charge >= 0.3 is 0 Å². The van der Waals surface area contributed by atoms with E-state index in [1.54, 1.807) is 30.0 Å². The van der Waals surface area contributed by atoms with Crippen LogP contribution in [0.5, 0.6) is 0 Å². The molecule has 0 aliphatic heterocycles. The standard InChI is InChI=1S/C22H15ClN2O2S/c23-16-12-10-15(11-13-16)20-14-19(25-27-20)22(26)24-18-8-4-5-9-21(18)28-17-6-2-1-3-7-17/h1-14H,(H,24,26). The molecule has 0 fully saturated rings. The van der Waals surface area contributed by atoms with E-state index in [1.807, 2.05) is 66.7 Å². The van der Waals surface area contributed by atoms with Gasteiger partial charge in [-0.2, -0.15) is 0 Å². The molecule has 28 heavy (non-hydrogen) atoms. The number of amides is 1. The van der Waals surface area contributed by atoms with E-state index in [2.05, 4.69) is 10.5 Å². The Morgan fingerprint density at radius 3 is 2.43 bits per heavy atom. The first kappa shape index (κ1) is 18.3. The number of nitrogens with one attached hydrogen (secondary N) is 1. The molecule has 0 aliphatic carbocycles. The van der Waals surface area contributed by atoms with Crippen LogP contribution in [0.15, 0.2) is 99.2 Å². The van der Waals surface area contributed by atoms with Gasteiger partial charge in [0.2, 0.25) is 0 Å². The fourth-order valence-corrected chi connectivity index (χ4v) is 3.64. The van der Waals surface area contributed by atoms with Gasteiger partial charge in [0.15, 0.2) is 11.5 Å². The van der Waals surface area contributed by atoms with Crippen molar-refractivity contribution in [2.75, 3.05) is 5.32 Å². The number of nitrogens with zero attached hydrogens (tertiary/aromatic N) is 1. The summed E-state index contributed by atoms with van der Waals surface area (Å²) in [5.41, 5.74) is 1.73. The fraction of sp³-hybridized carbons (Fsp3) is 0. The normalized spacial score (nSPS) is 10.6. The van der Waals surface area contributed by atoms with Crippen LogP contribution in [0.25, 0.3) is 11.3 Å². The van der Waals surface area contributed by atoms with Crippen LogP contribution in [-0.4, -0.2) is 11.1 Å². The maximum Gasteiger partial charge on any atom is 0.277 e. The third kappa shape index (κ3) is 4.27. The number of aromatic nitrogens is 1. The van der Waals surface area contributed by atoms with Crippen LogP contribution in [0, 0.1) is 0 Å². The molecule has 0 aliphatic rings. The van der Waals surface area contributed by atoms with Crippen molar-refractivity contribution in [3.05, 3.63) is 95.6 Å². The first-order valence-corrected chi connectivity index (χ1v) is 9.74. The molecule has 4 aromatic rings. The minimum Gasteiger partial charge on any atom is -0.355 e. The lowest BCUT2D eigenvalue weighted by Gasteiger charge is -2.09. The van der Waals surface area contributed by atoms with E-state index in [-0.39, 0.29) is 11.6 Å². The molecule has 6 heteroatoms. The van der Waals surface area contributed by atoms with Gasteiger partial charge in [-0.05, 0) is 48.5 Å². The highest BCUT2D eigenvalue weighted by molar-refractivity contribution is 7.99. The molecule has 0 saturated heterocycles. The quantitative estimate of drug-likeness (QED) is 0.416. The van der Waals surface area contributed by atoms with Crippen molar-refractivity contribution in [1.82, 2.24) is 5.16 Å². The van der Waals surface area contributed by atoms with Crippen LogP contribution < -0.4 is 5.32 Å². The summed E-state index contributed by atoms with van der Waals surface area (Å²) in [5, 5.41) is 7.45. The van der Waals surface area contributed by atoms with E-state index >= 15 is 0 Å². The summed E-state index contributed by atoms with van der Waals surface area (Å²) in [5.74, 6) is 0.179. The van der Waals surface area contributed by atoms with Crippen molar-refractivity contribution >= 4 is 35.0 Å². The van der Waals surface area contributed by atoms with E-state index in [1.165, 1.54) is 0 Å². The third-order valence-corrected chi connectivity index (χ3v) is 5.31. The van der Waals surface area contributed by atoms with Crippen LogP contribution in [0.3, 0.4) is 0 Å². The van der Waals surface area contributed by atoms with Crippen molar-refractivity contribution in [2.45, 2.75) is 9.79 Å². The topological polar surface area (TPSA) is 55.1 Å². The molecule has 3 aromatic carbocycles. The number of hydrogen-bond donors (Lipinski definition) is 1. The molecule has 1 heterocycles. The molecule has 0 radical (unpaired) electrons. The van der Waals surface area contributed by atoms with E-state index in [4.69, 9.17) is 16.1 Å². The SMILES string of the molecule is O=C(Nc1ccccc1Sc1ccccc1)c1cc(-c2ccc(Cl)cc2)on1. The van der Waals surface area contributed by atoms with Crippen molar-refractivity contribution in [3.63, 3.8) is 0 Å². The zero-order chi connectivity index (χ0) is 19.3. The average Bonchev–Trinajstić information content (AvgIpc) is 3.21. The highest BCUT2D eigenvalue weighted by Crippen LogP contribution is 2.33. The second-order valence-electron chi connectivity index (χ2n) is 5.95. The highest BCUT2D eigenvalue weighted by Gasteiger charge is 2.15. The largest absolute Gasteiger partial charge is 0.355 e. The molecule has 1 amide bonds. The monoisotopic (exact) mass is 406 g/mol. The Hall–Kier alpha value is -3.02. The fourth-order valence-electron chi connectivity index (χ4n) is 2.59. The van der Waals surface area contributed by atoms with Crippen LogP contribution in [0.2, 0.25) is 5.02 Å². The Morgan fingerprint density at radius 2 is 1.64 bits per heavy atom. The van der Waals surface area contributed by atoms with E-state index in [0.717, 1.165) is 21.0 Å². The molecule has 0 saturated carbocycles. The summed E-state index contributed by atoms with van der Waals surface area (Å²) in [6, 6.07) is 26.4. The molecule has 0 bridgehead atoms. The summed E-state index contributed by atoms with van der Waals surface area (Å²) < 4.78 is 5.32. The number of carbonyl (C=O) groups excluding carboxylic acids is 1. The Bertz CT molecular complexity index is 1090. The van der Waals surface area contributed by atoms with Crippen LogP contribution >= 0.6 is 23.4 Å². The zero-order valence-corrected chi connectivity index (χ0v) is 16.2. The maximum atomic E-state index is 12.7. The zero-order valence-electron chi connectivity index (χ0n) is 14.6. The lowest BCUT2D eigenvalue weighted by molar-refractivity contribution is 0.101. The molecule has 0 unspecified atom stereocenters. The molecule has 1 aromatic heterocycles. The molecule has 138 valence electrons. The Kier molecular flexibility index (Phi) is 5.46. The van der Waals surface area contributed by atoms with Gasteiger partial charge in [0.25, 0.3) is 5.91 Å². The Morgan fingerprint density at radius 1 is 0.929 bits per heavy atom. The summed E-state index contributed by atoms with van der Waals surface area (Å²) in [6.45, 7) is 0. The third-order valence-electron chi connectivity index (χ3n) is 3.98. The molecule has 0 spiro atoms. The summed E-state index contributed by atoms with van der Waals surface area (Å²) >= 11 is 7.49. The minimum atomic E-state index is -0.329. The minimum absolute atomic E-state index is 0.212. The van der Waals surface area contributed by atoms with Gasteiger partial charge < -0.3 is 9.84 Å². The van der Waals surface area contributed by atoms with Gasteiger partial charge in [-0.1, -0.05) is 58.9 Å². The summed E-state index contributed by atoms with van der Waals surface area (Å²) in [4.78, 5) is 14.7. The molecule has 4 nitrogen and oxygen atoms in total. The number of carbonyl (C=O) groups is 1. The van der Waals surface area contributed by atoms with Crippen molar-refractivity contribution in [1.29, 1.82) is 0 Å². The van der Waals surface area contributed by atoms with E-state index in [9.17, 15) is 4.79 Å². The number of halogens is 1.